The van der Waals surface area contributed by atoms with E-state index in [0.29, 0.717) is 10.8 Å². The van der Waals surface area contributed by atoms with Crippen LogP contribution in [0.25, 0.3) is 0 Å². The Kier molecular flexibility index (Phi) is 6.97. The van der Waals surface area contributed by atoms with Gasteiger partial charge in [-0.1, -0.05) is 0 Å². The molecule has 0 bridgehead atoms. The topological polar surface area (TPSA) is 84.4 Å². The van der Waals surface area contributed by atoms with Crippen LogP contribution in [0.5, 0.6) is 0 Å². The first kappa shape index (κ1) is 26.2. The molecular formula is C23H25F5N4O3S. The number of pyridine rings is 1. The number of aromatic nitrogens is 2. The number of alkyl halides is 5. The number of thiazole rings is 1. The van der Waals surface area contributed by atoms with Gasteiger partial charge in [0.2, 0.25) is 5.01 Å². The van der Waals surface area contributed by atoms with Gasteiger partial charge in [0.25, 0.3) is 11.8 Å². The number of hydrogen-bond donors (Lipinski definition) is 1. The number of amides is 1. The third-order valence-electron chi connectivity index (χ3n) is 6.37. The van der Waals surface area contributed by atoms with E-state index in [2.05, 4.69) is 15.3 Å². The van der Waals surface area contributed by atoms with Gasteiger partial charge in [-0.3, -0.25) is 4.79 Å². The number of nitrogens with zero attached hydrogens (tertiary/aromatic N) is 3. The van der Waals surface area contributed by atoms with Crippen LogP contribution < -0.4 is 5.32 Å². The smallest absolute Gasteiger partial charge is 0.416 e. The zero-order valence-corrected chi connectivity index (χ0v) is 20.6. The van der Waals surface area contributed by atoms with Crippen molar-refractivity contribution in [1.29, 1.82) is 0 Å². The molecule has 2 aromatic rings. The number of anilines is 1. The molecule has 1 aliphatic carbocycles. The van der Waals surface area contributed by atoms with E-state index < -0.39 is 53.6 Å². The van der Waals surface area contributed by atoms with Crippen LogP contribution in [0, 0.1) is 5.92 Å². The zero-order valence-electron chi connectivity index (χ0n) is 19.7. The Labute approximate surface area is 208 Å². The predicted octanol–water partition coefficient (Wildman–Crippen LogP) is 5.56. The molecule has 13 heteroatoms. The number of halogens is 5. The van der Waals surface area contributed by atoms with Crippen molar-refractivity contribution in [2.24, 2.45) is 5.92 Å². The predicted molar refractivity (Wildman–Crippen MR) is 121 cm³/mol. The minimum absolute atomic E-state index is 0.0661. The maximum atomic E-state index is 15.2. The lowest BCUT2D eigenvalue weighted by atomic mass is 9.97. The van der Waals surface area contributed by atoms with E-state index in [9.17, 15) is 22.8 Å². The lowest BCUT2D eigenvalue weighted by Crippen LogP contribution is -2.39. The summed E-state index contributed by atoms with van der Waals surface area (Å²) in [7, 11) is 0. The van der Waals surface area contributed by atoms with Crippen molar-refractivity contribution in [1.82, 2.24) is 14.9 Å². The van der Waals surface area contributed by atoms with Crippen molar-refractivity contribution < 1.29 is 36.3 Å². The van der Waals surface area contributed by atoms with Gasteiger partial charge in [0, 0.05) is 35.6 Å². The molecule has 2 aromatic heterocycles. The van der Waals surface area contributed by atoms with Crippen molar-refractivity contribution in [3.8, 4) is 0 Å². The fraction of sp³-hybridized carbons (Fsp3) is 0.565. The van der Waals surface area contributed by atoms with Crippen molar-refractivity contribution in [3.05, 3.63) is 39.5 Å². The standard InChI is InChI=1S/C23H25F5N4O3S/c1-4-35-21(34)19-31-16(10-36-19)20(33)32-11(2)8-22(24,25)18(32)14-9-29-17(7-15(14)23(26,27)28)30-12(3)13-5-6-13/h7,9-13,18H,4-6,8H2,1-3H3,(H,29,30)/t11?,12-,18?/m0/s1. The summed E-state index contributed by atoms with van der Waals surface area (Å²) in [5, 5.41) is 3.95. The van der Waals surface area contributed by atoms with Crippen LogP contribution in [-0.2, 0) is 10.9 Å². The average Bonchev–Trinajstić information content (AvgIpc) is 3.46. The van der Waals surface area contributed by atoms with Crippen LogP contribution in [0.1, 0.15) is 77.5 Å². The molecule has 1 saturated heterocycles. The second-order valence-corrected chi connectivity index (χ2v) is 9.97. The van der Waals surface area contributed by atoms with Crippen LogP contribution >= 0.6 is 11.3 Å². The molecule has 1 amide bonds. The molecular weight excluding hydrogens is 507 g/mol. The molecule has 4 rings (SSSR count). The summed E-state index contributed by atoms with van der Waals surface area (Å²) >= 11 is 0.784. The molecule has 2 aliphatic rings. The molecule has 36 heavy (non-hydrogen) atoms. The highest BCUT2D eigenvalue weighted by Gasteiger charge is 2.57. The molecule has 0 aromatic carbocycles. The minimum atomic E-state index is -4.97. The number of esters is 1. The number of ether oxygens (including phenoxy) is 1. The van der Waals surface area contributed by atoms with Gasteiger partial charge in [-0.15, -0.1) is 11.3 Å². The fourth-order valence-corrected chi connectivity index (χ4v) is 5.19. The molecule has 196 valence electrons. The summed E-state index contributed by atoms with van der Waals surface area (Å²) in [5.41, 5.74) is -2.41. The molecule has 2 fully saturated rings. The van der Waals surface area contributed by atoms with Crippen molar-refractivity contribution in [2.45, 2.75) is 70.3 Å². The number of nitrogens with one attached hydrogen (secondary N) is 1. The van der Waals surface area contributed by atoms with Crippen molar-refractivity contribution in [3.63, 3.8) is 0 Å². The van der Waals surface area contributed by atoms with Gasteiger partial charge in [0.15, 0.2) is 0 Å². The maximum absolute atomic E-state index is 15.2. The van der Waals surface area contributed by atoms with Gasteiger partial charge < -0.3 is 15.0 Å². The van der Waals surface area contributed by atoms with E-state index in [4.69, 9.17) is 4.74 Å². The molecule has 7 nitrogen and oxygen atoms in total. The number of carbonyl (C=O) groups is 2. The lowest BCUT2D eigenvalue weighted by molar-refractivity contribution is -0.139. The monoisotopic (exact) mass is 532 g/mol. The summed E-state index contributed by atoms with van der Waals surface area (Å²) < 4.78 is 77.5. The molecule has 2 unspecified atom stereocenters. The van der Waals surface area contributed by atoms with Crippen molar-refractivity contribution in [2.75, 3.05) is 11.9 Å². The van der Waals surface area contributed by atoms with Gasteiger partial charge in [0.1, 0.15) is 17.6 Å². The number of carbonyl (C=O) groups excluding carboxylic acids is 2. The first-order chi connectivity index (χ1) is 16.8. The van der Waals surface area contributed by atoms with Crippen LogP contribution in [0.3, 0.4) is 0 Å². The summed E-state index contributed by atoms with van der Waals surface area (Å²) in [6.07, 6.45) is -3.13. The molecule has 1 N–H and O–H groups in total. The van der Waals surface area contributed by atoms with E-state index in [-0.39, 0.29) is 29.2 Å². The highest BCUT2D eigenvalue weighted by molar-refractivity contribution is 7.11. The zero-order chi connectivity index (χ0) is 26.4. The van der Waals surface area contributed by atoms with Gasteiger partial charge in [0.05, 0.1) is 12.2 Å². The summed E-state index contributed by atoms with van der Waals surface area (Å²) in [5.74, 6) is -5.20. The Morgan fingerprint density at radius 3 is 2.64 bits per heavy atom. The summed E-state index contributed by atoms with van der Waals surface area (Å²) in [6.45, 7) is 4.80. The van der Waals surface area contributed by atoms with Crippen LogP contribution in [0.2, 0.25) is 0 Å². The number of hydrogen-bond acceptors (Lipinski definition) is 7. The minimum Gasteiger partial charge on any atom is -0.461 e. The lowest BCUT2D eigenvalue weighted by Gasteiger charge is -2.31. The van der Waals surface area contributed by atoms with E-state index in [1.807, 2.05) is 6.92 Å². The Bertz CT molecular complexity index is 1150. The fourth-order valence-electron chi connectivity index (χ4n) is 4.50. The average molecular weight is 533 g/mol. The van der Waals surface area contributed by atoms with Crippen molar-refractivity contribution >= 4 is 29.0 Å². The number of rotatable bonds is 7. The van der Waals surface area contributed by atoms with E-state index >= 15 is 8.78 Å². The molecule has 1 aliphatic heterocycles. The van der Waals surface area contributed by atoms with Crippen LogP contribution in [0.4, 0.5) is 27.8 Å². The van der Waals surface area contributed by atoms with Gasteiger partial charge in [-0.2, -0.15) is 13.2 Å². The van der Waals surface area contributed by atoms with E-state index in [1.165, 1.54) is 12.3 Å². The van der Waals surface area contributed by atoms with E-state index in [0.717, 1.165) is 36.4 Å². The first-order valence-electron chi connectivity index (χ1n) is 11.5. The summed E-state index contributed by atoms with van der Waals surface area (Å²) in [6, 6.07) is -2.71. The second-order valence-electron chi connectivity index (χ2n) is 9.11. The van der Waals surface area contributed by atoms with E-state index in [1.54, 1.807) is 6.92 Å². The Morgan fingerprint density at radius 1 is 1.33 bits per heavy atom. The normalized spacial score (nSPS) is 22.4. The first-order valence-corrected chi connectivity index (χ1v) is 12.4. The Morgan fingerprint density at radius 2 is 2.03 bits per heavy atom. The molecule has 3 heterocycles. The van der Waals surface area contributed by atoms with Gasteiger partial charge in [-0.05, 0) is 45.6 Å². The quantitative estimate of drug-likeness (QED) is 0.372. The van der Waals surface area contributed by atoms with Gasteiger partial charge >= 0.3 is 12.1 Å². The highest BCUT2D eigenvalue weighted by atomic mass is 32.1. The van der Waals surface area contributed by atoms with Crippen LogP contribution in [0.15, 0.2) is 17.6 Å². The molecule has 1 saturated carbocycles. The SMILES string of the molecule is CCOC(=O)c1nc(C(=O)N2C(C)CC(F)(F)C2c2cnc(N[C@@H](C)C3CC3)cc2C(F)(F)F)cs1. The third-order valence-corrected chi connectivity index (χ3v) is 7.19. The molecule has 0 spiro atoms. The molecule has 0 radical (unpaired) electrons. The number of likely N-dealkylation sites (tertiary alicyclic amines) is 1. The third kappa shape index (κ3) is 5.16. The maximum Gasteiger partial charge on any atom is 0.416 e. The second kappa shape index (κ2) is 9.56. The summed E-state index contributed by atoms with van der Waals surface area (Å²) in [4.78, 5) is 33.7. The van der Waals surface area contributed by atoms with Gasteiger partial charge in [-0.25, -0.2) is 23.5 Å². The Hall–Kier alpha value is -2.83. The molecule has 3 atom stereocenters. The Balaban J connectivity index is 1.72. The highest BCUT2D eigenvalue weighted by Crippen LogP contribution is 2.51. The largest absolute Gasteiger partial charge is 0.461 e. The van der Waals surface area contributed by atoms with Crippen LogP contribution in [-0.4, -0.2) is 51.4 Å².